The molecule has 134 valence electrons. The van der Waals surface area contributed by atoms with Crippen molar-refractivity contribution in [1.82, 2.24) is 4.98 Å². The zero-order valence-electron chi connectivity index (χ0n) is 14.0. The molecule has 0 spiro atoms. The van der Waals surface area contributed by atoms with Crippen LogP contribution in [0.4, 0.5) is 10.9 Å². The Balaban J connectivity index is 1.63. The van der Waals surface area contributed by atoms with Gasteiger partial charge >= 0.3 is 0 Å². The Morgan fingerprint density at radius 1 is 1.23 bits per heavy atom. The Hall–Kier alpha value is -2.58. The van der Waals surface area contributed by atoms with Gasteiger partial charge in [-0.05, 0) is 41.5 Å². The van der Waals surface area contributed by atoms with Crippen molar-refractivity contribution in [2.24, 2.45) is 5.10 Å². The van der Waals surface area contributed by atoms with Crippen LogP contribution >= 0.6 is 27.3 Å². The lowest BCUT2D eigenvalue weighted by atomic mass is 10.2. The number of hydrogen-bond acceptors (Lipinski definition) is 7. The molecule has 2 aromatic carbocycles. The van der Waals surface area contributed by atoms with E-state index >= 15 is 0 Å². The van der Waals surface area contributed by atoms with Gasteiger partial charge in [0.25, 0.3) is 0 Å². The molecule has 0 amide bonds. The summed E-state index contributed by atoms with van der Waals surface area (Å²) in [6.45, 7) is 0.462. The maximum atomic E-state index is 5.86. The number of thiazole rings is 1. The number of nitrogen functional groups attached to an aromatic ring is 1. The molecule has 0 atom stereocenters. The van der Waals surface area contributed by atoms with E-state index in [9.17, 15) is 0 Å². The zero-order valence-corrected chi connectivity index (χ0v) is 16.4. The van der Waals surface area contributed by atoms with Gasteiger partial charge in [-0.3, -0.25) is 5.43 Å². The average molecular weight is 433 g/mol. The molecule has 0 unspecified atom stereocenters. The van der Waals surface area contributed by atoms with Crippen LogP contribution in [-0.4, -0.2) is 18.3 Å². The molecule has 3 N–H and O–H groups in total. The fourth-order valence-electron chi connectivity index (χ4n) is 2.12. The molecular weight excluding hydrogens is 416 g/mol. The molecular formula is C18H17BrN4O2S. The van der Waals surface area contributed by atoms with E-state index in [0.717, 1.165) is 15.6 Å². The first-order chi connectivity index (χ1) is 12.6. The molecule has 0 radical (unpaired) electrons. The Morgan fingerprint density at radius 3 is 2.73 bits per heavy atom. The molecule has 0 fully saturated rings. The third-order valence-electron chi connectivity index (χ3n) is 3.39. The van der Waals surface area contributed by atoms with Crippen LogP contribution in [0.3, 0.4) is 0 Å². The Morgan fingerprint density at radius 2 is 2.04 bits per heavy atom. The molecule has 0 aliphatic carbocycles. The molecule has 0 saturated carbocycles. The smallest absolute Gasteiger partial charge is 0.205 e. The van der Waals surface area contributed by atoms with Gasteiger partial charge in [0.2, 0.25) is 5.13 Å². The average Bonchev–Trinajstić information content (AvgIpc) is 3.07. The largest absolute Gasteiger partial charge is 0.493 e. The number of methoxy groups -OCH3 is 1. The van der Waals surface area contributed by atoms with Crippen molar-refractivity contribution in [3.63, 3.8) is 0 Å². The second-order valence-electron chi connectivity index (χ2n) is 5.27. The minimum Gasteiger partial charge on any atom is -0.493 e. The number of anilines is 2. The molecule has 0 aliphatic rings. The van der Waals surface area contributed by atoms with Crippen molar-refractivity contribution < 1.29 is 9.47 Å². The molecule has 3 aromatic rings. The van der Waals surface area contributed by atoms with Crippen LogP contribution in [0.2, 0.25) is 0 Å². The Kier molecular flexibility index (Phi) is 6.08. The summed E-state index contributed by atoms with van der Waals surface area (Å²) < 4.78 is 12.3. The SMILES string of the molecule is COc1cc(C=NNc2nc(N)cs2)ccc1OCc1ccc(Br)cc1. The fraction of sp³-hybridized carbons (Fsp3) is 0.111. The van der Waals surface area contributed by atoms with Crippen LogP contribution < -0.4 is 20.6 Å². The van der Waals surface area contributed by atoms with Crippen molar-refractivity contribution in [3.05, 3.63) is 63.4 Å². The van der Waals surface area contributed by atoms with Crippen molar-refractivity contribution in [2.45, 2.75) is 6.61 Å². The standard InChI is InChI=1S/C18H17BrN4O2S/c1-24-16-8-13(9-21-23-18-22-17(20)11-26-18)4-7-15(16)25-10-12-2-5-14(19)6-3-12/h2-9,11H,10,20H2,1H3,(H,22,23). The Bertz CT molecular complexity index is 896. The van der Waals surface area contributed by atoms with E-state index in [0.29, 0.717) is 29.1 Å². The Labute approximate surface area is 163 Å². The van der Waals surface area contributed by atoms with Crippen molar-refractivity contribution in [3.8, 4) is 11.5 Å². The number of nitrogens with one attached hydrogen (secondary N) is 1. The highest BCUT2D eigenvalue weighted by Crippen LogP contribution is 2.28. The van der Waals surface area contributed by atoms with E-state index in [-0.39, 0.29) is 0 Å². The highest BCUT2D eigenvalue weighted by Gasteiger charge is 2.06. The van der Waals surface area contributed by atoms with E-state index in [1.54, 1.807) is 18.7 Å². The normalized spacial score (nSPS) is 10.8. The van der Waals surface area contributed by atoms with Gasteiger partial charge in [-0.15, -0.1) is 11.3 Å². The maximum absolute atomic E-state index is 5.86. The molecule has 3 rings (SSSR count). The monoisotopic (exact) mass is 432 g/mol. The number of hydrazone groups is 1. The quantitative estimate of drug-likeness (QED) is 0.423. The van der Waals surface area contributed by atoms with Crippen molar-refractivity contribution in [1.29, 1.82) is 0 Å². The lowest BCUT2D eigenvalue weighted by molar-refractivity contribution is 0.284. The van der Waals surface area contributed by atoms with E-state index in [1.807, 2.05) is 42.5 Å². The molecule has 8 heteroatoms. The summed E-state index contributed by atoms with van der Waals surface area (Å²) in [5, 5.41) is 6.54. The van der Waals surface area contributed by atoms with Gasteiger partial charge in [-0.1, -0.05) is 28.1 Å². The number of rotatable bonds is 7. The summed E-state index contributed by atoms with van der Waals surface area (Å²) in [6.07, 6.45) is 1.68. The highest BCUT2D eigenvalue weighted by molar-refractivity contribution is 9.10. The summed E-state index contributed by atoms with van der Waals surface area (Å²) >= 11 is 4.81. The number of aromatic nitrogens is 1. The summed E-state index contributed by atoms with van der Waals surface area (Å²) in [7, 11) is 1.61. The van der Waals surface area contributed by atoms with Gasteiger partial charge in [-0.2, -0.15) is 5.10 Å². The molecule has 0 aliphatic heterocycles. The van der Waals surface area contributed by atoms with E-state index in [2.05, 4.69) is 31.4 Å². The topological polar surface area (TPSA) is 81.8 Å². The first kappa shape index (κ1) is 18.2. The summed E-state index contributed by atoms with van der Waals surface area (Å²) in [4.78, 5) is 4.07. The van der Waals surface area contributed by atoms with E-state index < -0.39 is 0 Å². The summed E-state index contributed by atoms with van der Waals surface area (Å²) in [6, 6.07) is 13.6. The van der Waals surface area contributed by atoms with Gasteiger partial charge in [0, 0.05) is 9.85 Å². The lowest BCUT2D eigenvalue weighted by Gasteiger charge is -2.11. The van der Waals surface area contributed by atoms with Crippen LogP contribution in [0.15, 0.2) is 57.4 Å². The third kappa shape index (κ3) is 4.96. The molecule has 26 heavy (non-hydrogen) atoms. The molecule has 0 saturated heterocycles. The summed E-state index contributed by atoms with van der Waals surface area (Å²) in [5.41, 5.74) is 10.4. The van der Waals surface area contributed by atoms with Gasteiger partial charge in [-0.25, -0.2) is 4.98 Å². The van der Waals surface area contributed by atoms with Crippen LogP contribution in [0.5, 0.6) is 11.5 Å². The first-order valence-electron chi connectivity index (χ1n) is 7.69. The van der Waals surface area contributed by atoms with Gasteiger partial charge < -0.3 is 15.2 Å². The van der Waals surface area contributed by atoms with Crippen LogP contribution in [0, 0.1) is 0 Å². The highest BCUT2D eigenvalue weighted by atomic mass is 79.9. The predicted molar refractivity (Wildman–Crippen MR) is 109 cm³/mol. The second kappa shape index (κ2) is 8.68. The maximum Gasteiger partial charge on any atom is 0.205 e. The first-order valence-corrected chi connectivity index (χ1v) is 9.36. The zero-order chi connectivity index (χ0) is 18.4. The number of benzene rings is 2. The lowest BCUT2D eigenvalue weighted by Crippen LogP contribution is -1.98. The van der Waals surface area contributed by atoms with Crippen LogP contribution in [0.25, 0.3) is 0 Å². The predicted octanol–water partition coefficient (Wildman–Crippen LogP) is 4.52. The molecule has 1 aromatic heterocycles. The minimum absolute atomic E-state index is 0.462. The third-order valence-corrected chi connectivity index (χ3v) is 4.68. The summed E-state index contributed by atoms with van der Waals surface area (Å²) in [5.74, 6) is 1.79. The molecule has 0 bridgehead atoms. The second-order valence-corrected chi connectivity index (χ2v) is 7.05. The number of hydrogen-bond donors (Lipinski definition) is 2. The van der Waals surface area contributed by atoms with Crippen molar-refractivity contribution in [2.75, 3.05) is 18.3 Å². The van der Waals surface area contributed by atoms with Crippen molar-refractivity contribution >= 4 is 44.4 Å². The van der Waals surface area contributed by atoms with Crippen LogP contribution in [0.1, 0.15) is 11.1 Å². The number of nitrogens with zero attached hydrogens (tertiary/aromatic N) is 2. The van der Waals surface area contributed by atoms with Gasteiger partial charge in [0.1, 0.15) is 12.4 Å². The van der Waals surface area contributed by atoms with Gasteiger partial charge in [0.15, 0.2) is 11.5 Å². The van der Waals surface area contributed by atoms with Crippen LogP contribution in [-0.2, 0) is 6.61 Å². The molecule has 6 nitrogen and oxygen atoms in total. The van der Waals surface area contributed by atoms with E-state index in [4.69, 9.17) is 15.2 Å². The fourth-order valence-corrected chi connectivity index (χ4v) is 2.94. The number of halogens is 1. The minimum atomic E-state index is 0.462. The molecule has 1 heterocycles. The van der Waals surface area contributed by atoms with Gasteiger partial charge in [0.05, 0.1) is 13.3 Å². The van der Waals surface area contributed by atoms with E-state index in [1.165, 1.54) is 11.3 Å². The number of nitrogens with two attached hydrogens (primary N) is 1. The number of ether oxygens (including phenoxy) is 2.